The normalized spacial score (nSPS) is 15.7. The van der Waals surface area contributed by atoms with Crippen LogP contribution in [0.2, 0.25) is 0 Å². The Balaban J connectivity index is 1.58. The number of thioether (sulfide) groups is 1. The Bertz CT molecular complexity index is 1200. The molecular weight excluding hydrogens is 466 g/mol. The molecule has 2 amide bonds. The molecular formula is C25H29N5O4S. The van der Waals surface area contributed by atoms with Crippen molar-refractivity contribution < 1.29 is 19.1 Å². The average Bonchev–Trinajstić information content (AvgIpc) is 3.31. The van der Waals surface area contributed by atoms with Crippen LogP contribution >= 0.6 is 11.8 Å². The zero-order valence-corrected chi connectivity index (χ0v) is 21.1. The lowest BCUT2D eigenvalue weighted by Crippen LogP contribution is -2.55. The summed E-state index contributed by atoms with van der Waals surface area (Å²) in [4.78, 5) is 28.4. The molecule has 10 heteroatoms. The van der Waals surface area contributed by atoms with Crippen LogP contribution in [0.3, 0.4) is 0 Å². The van der Waals surface area contributed by atoms with Crippen LogP contribution < -0.4 is 9.47 Å². The average molecular weight is 496 g/mol. The highest BCUT2D eigenvalue weighted by Crippen LogP contribution is 2.30. The van der Waals surface area contributed by atoms with Crippen LogP contribution in [0.1, 0.15) is 13.8 Å². The number of hydrogen-bond donors (Lipinski definition) is 0. The van der Waals surface area contributed by atoms with Crippen molar-refractivity contribution in [2.75, 3.05) is 39.6 Å². The molecule has 184 valence electrons. The van der Waals surface area contributed by atoms with Crippen LogP contribution in [-0.2, 0) is 9.59 Å². The molecule has 3 aromatic rings. The number of hydrogen-bond acceptors (Lipinski definition) is 7. The zero-order chi connectivity index (χ0) is 24.9. The van der Waals surface area contributed by atoms with Gasteiger partial charge in [0.05, 0.1) is 20.0 Å². The molecule has 1 saturated heterocycles. The van der Waals surface area contributed by atoms with Crippen molar-refractivity contribution in [2.24, 2.45) is 0 Å². The molecule has 0 saturated carbocycles. The van der Waals surface area contributed by atoms with Gasteiger partial charge < -0.3 is 19.3 Å². The van der Waals surface area contributed by atoms with E-state index in [4.69, 9.17) is 9.47 Å². The van der Waals surface area contributed by atoms with Gasteiger partial charge >= 0.3 is 0 Å². The second-order valence-corrected chi connectivity index (χ2v) is 9.20. The highest BCUT2D eigenvalue weighted by atomic mass is 32.2. The fraction of sp³-hybridized carbons (Fsp3) is 0.360. The molecule has 0 radical (unpaired) electrons. The largest absolute Gasteiger partial charge is 0.497 e. The predicted molar refractivity (Wildman–Crippen MR) is 134 cm³/mol. The minimum absolute atomic E-state index is 0.00202. The summed E-state index contributed by atoms with van der Waals surface area (Å²) < 4.78 is 12.6. The molecule has 1 aliphatic heterocycles. The maximum Gasteiger partial charge on any atom is 0.233 e. The van der Waals surface area contributed by atoms with Gasteiger partial charge in [0.2, 0.25) is 11.8 Å². The van der Waals surface area contributed by atoms with Crippen molar-refractivity contribution in [3.05, 3.63) is 48.5 Å². The van der Waals surface area contributed by atoms with Gasteiger partial charge in [-0.15, -0.1) is 10.2 Å². The molecule has 0 N–H and O–H groups in total. The van der Waals surface area contributed by atoms with E-state index in [1.165, 1.54) is 11.8 Å². The van der Waals surface area contributed by atoms with Gasteiger partial charge in [0.15, 0.2) is 11.0 Å². The van der Waals surface area contributed by atoms with Gasteiger partial charge in [-0.2, -0.15) is 0 Å². The quantitative estimate of drug-likeness (QED) is 0.465. The van der Waals surface area contributed by atoms with Crippen molar-refractivity contribution >= 4 is 23.6 Å². The van der Waals surface area contributed by atoms with E-state index in [1.54, 1.807) is 26.0 Å². The van der Waals surface area contributed by atoms with Gasteiger partial charge in [-0.1, -0.05) is 23.9 Å². The maximum atomic E-state index is 13.0. The Hall–Kier alpha value is -3.53. The van der Waals surface area contributed by atoms with Crippen LogP contribution in [0.4, 0.5) is 0 Å². The Morgan fingerprint density at radius 3 is 2.43 bits per heavy atom. The summed E-state index contributed by atoms with van der Waals surface area (Å²) in [7, 11) is 3.25. The lowest BCUT2D eigenvalue weighted by molar-refractivity contribution is -0.139. The molecule has 0 bridgehead atoms. The van der Waals surface area contributed by atoms with Crippen LogP contribution in [-0.4, -0.2) is 82.0 Å². The number of benzene rings is 2. The Labute approximate surface area is 209 Å². The van der Waals surface area contributed by atoms with Crippen molar-refractivity contribution in [2.45, 2.75) is 25.0 Å². The first-order valence-electron chi connectivity index (χ1n) is 11.3. The minimum atomic E-state index is -0.00202. The van der Waals surface area contributed by atoms with E-state index in [9.17, 15) is 9.59 Å². The molecule has 1 unspecified atom stereocenters. The van der Waals surface area contributed by atoms with Gasteiger partial charge in [-0.3, -0.25) is 14.2 Å². The summed E-state index contributed by atoms with van der Waals surface area (Å²) in [5.41, 5.74) is 1.70. The summed E-state index contributed by atoms with van der Waals surface area (Å²) in [6.45, 7) is 5.14. The topological polar surface area (TPSA) is 89.8 Å². The molecule has 0 aliphatic carbocycles. The van der Waals surface area contributed by atoms with Crippen molar-refractivity contribution in [3.8, 4) is 28.6 Å². The Morgan fingerprint density at radius 1 is 1.03 bits per heavy atom. The standard InChI is InChI=1S/C25H29N5O4S/c1-17-15-28(12-13-29(17)18(2)31)23(32)16-35-25-27-26-24(19-6-5-7-22(14-19)34-4)30(25)20-8-10-21(33-3)11-9-20/h5-11,14,17H,12-13,15-16H2,1-4H3. The van der Waals surface area contributed by atoms with Crippen LogP contribution in [0.15, 0.2) is 53.7 Å². The molecule has 2 heterocycles. The molecule has 9 nitrogen and oxygen atoms in total. The molecule has 0 spiro atoms. The van der Waals surface area contributed by atoms with Crippen molar-refractivity contribution in [1.29, 1.82) is 0 Å². The fourth-order valence-corrected chi connectivity index (χ4v) is 5.00. The number of carbonyl (C=O) groups is 2. The molecule has 4 rings (SSSR count). The third kappa shape index (κ3) is 5.43. The molecule has 2 aromatic carbocycles. The van der Waals surface area contributed by atoms with E-state index >= 15 is 0 Å². The van der Waals surface area contributed by atoms with Crippen molar-refractivity contribution in [3.63, 3.8) is 0 Å². The molecule has 1 atom stereocenters. The van der Waals surface area contributed by atoms with E-state index in [1.807, 2.05) is 64.9 Å². The SMILES string of the molecule is COc1ccc(-n2c(SCC(=O)N3CCN(C(C)=O)C(C)C3)nnc2-c2cccc(OC)c2)cc1. The Morgan fingerprint density at radius 2 is 1.77 bits per heavy atom. The van der Waals surface area contributed by atoms with Crippen LogP contribution in [0, 0.1) is 0 Å². The van der Waals surface area contributed by atoms with Crippen LogP contribution in [0.25, 0.3) is 17.1 Å². The van der Waals surface area contributed by atoms with Gasteiger partial charge in [0, 0.05) is 43.9 Å². The number of rotatable bonds is 7. The molecule has 1 aromatic heterocycles. The fourth-order valence-electron chi connectivity index (χ4n) is 4.15. The highest BCUT2D eigenvalue weighted by molar-refractivity contribution is 7.99. The van der Waals surface area contributed by atoms with E-state index in [0.717, 1.165) is 22.7 Å². The minimum Gasteiger partial charge on any atom is -0.497 e. The molecule has 35 heavy (non-hydrogen) atoms. The van der Waals surface area contributed by atoms with Gasteiger partial charge in [-0.25, -0.2) is 0 Å². The number of aromatic nitrogens is 3. The van der Waals surface area contributed by atoms with Crippen molar-refractivity contribution in [1.82, 2.24) is 24.6 Å². The zero-order valence-electron chi connectivity index (χ0n) is 20.3. The first-order chi connectivity index (χ1) is 16.9. The van der Waals surface area contributed by atoms with Gasteiger partial charge in [0.1, 0.15) is 11.5 Å². The van der Waals surface area contributed by atoms with E-state index < -0.39 is 0 Å². The Kier molecular flexibility index (Phi) is 7.60. The van der Waals surface area contributed by atoms with Gasteiger partial charge in [0.25, 0.3) is 0 Å². The monoisotopic (exact) mass is 495 g/mol. The summed E-state index contributed by atoms with van der Waals surface area (Å²) in [6.07, 6.45) is 0. The third-order valence-corrected chi connectivity index (χ3v) is 6.92. The number of nitrogens with zero attached hydrogens (tertiary/aromatic N) is 5. The first kappa shape index (κ1) is 24.6. The summed E-state index contributed by atoms with van der Waals surface area (Å²) in [5, 5.41) is 9.47. The third-order valence-electron chi connectivity index (χ3n) is 6.00. The predicted octanol–water partition coefficient (Wildman–Crippen LogP) is 3.12. The van der Waals surface area contributed by atoms with Crippen LogP contribution in [0.5, 0.6) is 11.5 Å². The molecule has 1 aliphatic rings. The number of carbonyl (C=O) groups excluding carboxylic acids is 2. The van der Waals surface area contributed by atoms with E-state index in [0.29, 0.717) is 30.6 Å². The lowest BCUT2D eigenvalue weighted by atomic mass is 10.2. The number of amides is 2. The van der Waals surface area contributed by atoms with E-state index in [-0.39, 0.29) is 23.6 Å². The summed E-state index contributed by atoms with van der Waals surface area (Å²) in [6, 6.07) is 15.2. The van der Waals surface area contributed by atoms with Gasteiger partial charge in [-0.05, 0) is 43.3 Å². The van der Waals surface area contributed by atoms with E-state index in [2.05, 4.69) is 10.2 Å². The molecule has 1 fully saturated rings. The second kappa shape index (κ2) is 10.8. The first-order valence-corrected chi connectivity index (χ1v) is 12.3. The highest BCUT2D eigenvalue weighted by Gasteiger charge is 2.28. The smallest absolute Gasteiger partial charge is 0.233 e. The second-order valence-electron chi connectivity index (χ2n) is 8.26. The lowest BCUT2D eigenvalue weighted by Gasteiger charge is -2.39. The maximum absolute atomic E-state index is 13.0. The number of piperazine rings is 1. The summed E-state index contributed by atoms with van der Waals surface area (Å²) >= 11 is 1.34. The number of methoxy groups -OCH3 is 2. The number of ether oxygens (including phenoxy) is 2. The summed E-state index contributed by atoms with van der Waals surface area (Å²) in [5.74, 6) is 2.38.